The van der Waals surface area contributed by atoms with Crippen LogP contribution in [0.3, 0.4) is 0 Å². The molecule has 1 saturated heterocycles. The van der Waals surface area contributed by atoms with Crippen LogP contribution in [0.1, 0.15) is 23.2 Å². The van der Waals surface area contributed by atoms with Crippen molar-refractivity contribution in [3.63, 3.8) is 0 Å². The molecule has 5 rings (SSSR count). The second-order valence-corrected chi connectivity index (χ2v) is 11.5. The fraction of sp³-hybridized carbons (Fsp3) is 0.280. The van der Waals surface area contributed by atoms with Crippen LogP contribution in [0.5, 0.6) is 0 Å². The van der Waals surface area contributed by atoms with Gasteiger partial charge in [0.05, 0.1) is 21.2 Å². The molecule has 2 heterocycles. The molecule has 9 heteroatoms. The minimum atomic E-state index is -3.66. The Morgan fingerprint density at radius 2 is 1.91 bits per heavy atom. The van der Waals surface area contributed by atoms with E-state index in [4.69, 9.17) is 4.74 Å². The largest absolute Gasteiger partial charge is 0.377 e. The van der Waals surface area contributed by atoms with E-state index in [9.17, 15) is 13.2 Å². The first kappa shape index (κ1) is 22.9. The number of nitrogens with zero attached hydrogens (tertiary/aromatic N) is 3. The molecule has 1 unspecified atom stereocenters. The highest BCUT2D eigenvalue weighted by Crippen LogP contribution is 2.26. The summed E-state index contributed by atoms with van der Waals surface area (Å²) in [6, 6.07) is 18.2. The van der Waals surface area contributed by atoms with Crippen molar-refractivity contribution in [1.29, 1.82) is 0 Å². The molecule has 4 aromatic rings. The van der Waals surface area contributed by atoms with E-state index in [0.29, 0.717) is 23.5 Å². The number of sulfonamides is 1. The molecule has 34 heavy (non-hydrogen) atoms. The minimum Gasteiger partial charge on any atom is -0.377 e. The molecular formula is C25H25N3O4S2. The number of carbonyl (C=O) groups is 1. The Labute approximate surface area is 202 Å². The van der Waals surface area contributed by atoms with Crippen molar-refractivity contribution in [2.24, 2.45) is 12.0 Å². The van der Waals surface area contributed by atoms with E-state index >= 15 is 0 Å². The highest BCUT2D eigenvalue weighted by atomic mass is 32.2. The summed E-state index contributed by atoms with van der Waals surface area (Å²) in [4.78, 5) is 17.9. The number of rotatable bonds is 5. The van der Waals surface area contributed by atoms with E-state index < -0.39 is 15.9 Å². The Kier molecular flexibility index (Phi) is 6.11. The van der Waals surface area contributed by atoms with Crippen molar-refractivity contribution in [2.45, 2.75) is 23.8 Å². The fourth-order valence-corrected chi connectivity index (χ4v) is 6.53. The van der Waals surface area contributed by atoms with Crippen LogP contribution in [-0.2, 0) is 21.8 Å². The number of hydrogen-bond donors (Lipinski definition) is 0. The van der Waals surface area contributed by atoms with Gasteiger partial charge in [-0.15, -0.1) is 0 Å². The lowest BCUT2D eigenvalue weighted by molar-refractivity contribution is 0.0979. The summed E-state index contributed by atoms with van der Waals surface area (Å²) in [7, 11) is -0.211. The van der Waals surface area contributed by atoms with Crippen molar-refractivity contribution < 1.29 is 17.9 Å². The highest BCUT2D eigenvalue weighted by Gasteiger charge is 2.26. The molecule has 0 N–H and O–H groups in total. The van der Waals surface area contributed by atoms with Gasteiger partial charge in [-0.25, -0.2) is 8.42 Å². The SMILES string of the molecule is CN(CC1CCCO1)S(=O)(=O)c1ccc(C(=O)N=c2sc3ccc4ccccc4c3n2C)cc1. The number of benzene rings is 3. The molecular weight excluding hydrogens is 470 g/mol. The Bertz CT molecular complexity index is 1550. The van der Waals surface area contributed by atoms with Gasteiger partial charge in [-0.1, -0.05) is 41.7 Å². The maximum atomic E-state index is 12.9. The van der Waals surface area contributed by atoms with E-state index in [1.807, 2.05) is 29.8 Å². The quantitative estimate of drug-likeness (QED) is 0.420. The molecule has 1 aliphatic heterocycles. The first-order valence-electron chi connectivity index (χ1n) is 11.1. The van der Waals surface area contributed by atoms with Gasteiger partial charge in [-0.05, 0) is 48.6 Å². The summed E-state index contributed by atoms with van der Waals surface area (Å²) in [5.74, 6) is -0.414. The molecule has 1 atom stereocenters. The number of ether oxygens (including phenoxy) is 1. The predicted molar refractivity (Wildman–Crippen MR) is 133 cm³/mol. The molecule has 3 aromatic carbocycles. The van der Waals surface area contributed by atoms with Crippen molar-refractivity contribution in [3.05, 3.63) is 71.0 Å². The second kappa shape index (κ2) is 9.07. The number of fused-ring (bicyclic) bond motifs is 3. The average Bonchev–Trinajstić information content (AvgIpc) is 3.47. The lowest BCUT2D eigenvalue weighted by Gasteiger charge is -2.20. The van der Waals surface area contributed by atoms with Crippen molar-refractivity contribution >= 4 is 48.3 Å². The predicted octanol–water partition coefficient (Wildman–Crippen LogP) is 3.93. The zero-order chi connectivity index (χ0) is 23.9. The van der Waals surface area contributed by atoms with Crippen molar-refractivity contribution in [3.8, 4) is 0 Å². The van der Waals surface area contributed by atoms with Crippen LogP contribution in [0.15, 0.2) is 70.6 Å². The summed E-state index contributed by atoms with van der Waals surface area (Å²) in [6.45, 7) is 0.988. The van der Waals surface area contributed by atoms with Gasteiger partial charge in [-0.3, -0.25) is 4.79 Å². The Morgan fingerprint density at radius 3 is 2.65 bits per heavy atom. The second-order valence-electron chi connectivity index (χ2n) is 8.44. The normalized spacial score (nSPS) is 17.3. The van der Waals surface area contributed by atoms with Gasteiger partial charge in [0, 0.05) is 38.2 Å². The standard InChI is InChI=1S/C25H25N3O4S2/c1-27(16-19-7-5-15-32-19)34(30,31)20-12-9-18(10-13-20)24(29)26-25-28(2)23-21-8-4-3-6-17(21)11-14-22(23)33-25/h3-4,6,8-14,19H,5,7,15-16H2,1-2H3. The van der Waals surface area contributed by atoms with E-state index in [1.165, 1.54) is 39.9 Å². The lowest BCUT2D eigenvalue weighted by atomic mass is 10.1. The number of hydrogen-bond acceptors (Lipinski definition) is 5. The van der Waals surface area contributed by atoms with Gasteiger partial charge in [0.1, 0.15) is 0 Å². The third-order valence-corrected chi connectivity index (χ3v) is 9.11. The van der Waals surface area contributed by atoms with Crippen LogP contribution < -0.4 is 4.80 Å². The first-order chi connectivity index (χ1) is 16.3. The third-order valence-electron chi connectivity index (χ3n) is 6.18. The molecule has 1 aliphatic rings. The zero-order valence-electron chi connectivity index (χ0n) is 19.0. The smallest absolute Gasteiger partial charge is 0.279 e. The fourth-order valence-electron chi connectivity index (χ4n) is 4.30. The zero-order valence-corrected chi connectivity index (χ0v) is 20.6. The molecule has 0 spiro atoms. The van der Waals surface area contributed by atoms with Gasteiger partial charge in [0.2, 0.25) is 10.0 Å². The maximum Gasteiger partial charge on any atom is 0.279 e. The molecule has 0 radical (unpaired) electrons. The van der Waals surface area contributed by atoms with Crippen LogP contribution >= 0.6 is 11.3 Å². The number of amides is 1. The summed E-state index contributed by atoms with van der Waals surface area (Å²) in [6.07, 6.45) is 1.74. The van der Waals surface area contributed by atoms with Gasteiger partial charge >= 0.3 is 0 Å². The van der Waals surface area contributed by atoms with Crippen LogP contribution in [0.4, 0.5) is 0 Å². The van der Waals surface area contributed by atoms with E-state index in [0.717, 1.165) is 33.8 Å². The molecule has 1 aromatic heterocycles. The molecule has 1 amide bonds. The summed E-state index contributed by atoms with van der Waals surface area (Å²) >= 11 is 1.45. The maximum absolute atomic E-state index is 12.9. The third kappa shape index (κ3) is 4.20. The Balaban J connectivity index is 1.42. The Hall–Kier alpha value is -2.85. The number of aryl methyl sites for hydroxylation is 1. The summed E-state index contributed by atoms with van der Waals surface area (Å²) in [5, 5.41) is 2.23. The molecule has 176 valence electrons. The van der Waals surface area contributed by atoms with Crippen LogP contribution in [0.25, 0.3) is 21.0 Å². The lowest BCUT2D eigenvalue weighted by Crippen LogP contribution is -2.34. The summed E-state index contributed by atoms with van der Waals surface area (Å²) < 4.78 is 35.6. The first-order valence-corrected chi connectivity index (χ1v) is 13.3. The van der Waals surface area contributed by atoms with Crippen LogP contribution in [0, 0.1) is 0 Å². The molecule has 0 saturated carbocycles. The molecule has 1 fully saturated rings. The van der Waals surface area contributed by atoms with Crippen molar-refractivity contribution in [2.75, 3.05) is 20.2 Å². The van der Waals surface area contributed by atoms with Gasteiger partial charge in [0.25, 0.3) is 5.91 Å². The van der Waals surface area contributed by atoms with E-state index in [-0.39, 0.29) is 11.0 Å². The molecule has 0 bridgehead atoms. The van der Waals surface area contributed by atoms with Gasteiger partial charge < -0.3 is 9.30 Å². The highest BCUT2D eigenvalue weighted by molar-refractivity contribution is 7.89. The average molecular weight is 496 g/mol. The molecule has 7 nitrogen and oxygen atoms in total. The van der Waals surface area contributed by atoms with E-state index in [2.05, 4.69) is 23.2 Å². The molecule has 0 aliphatic carbocycles. The number of likely N-dealkylation sites (N-methyl/N-ethyl adjacent to an activating group) is 1. The Morgan fingerprint density at radius 1 is 1.15 bits per heavy atom. The van der Waals surface area contributed by atoms with Crippen LogP contribution in [0.2, 0.25) is 0 Å². The number of carbonyl (C=O) groups excluding carboxylic acids is 1. The van der Waals surface area contributed by atoms with Crippen LogP contribution in [-0.4, -0.2) is 49.5 Å². The van der Waals surface area contributed by atoms with E-state index in [1.54, 1.807) is 7.05 Å². The topological polar surface area (TPSA) is 81.0 Å². The summed E-state index contributed by atoms with van der Waals surface area (Å²) in [5.41, 5.74) is 1.37. The van der Waals surface area contributed by atoms with Crippen molar-refractivity contribution in [1.82, 2.24) is 8.87 Å². The minimum absolute atomic E-state index is 0.0707. The number of aromatic nitrogens is 1. The number of thiazole rings is 1. The monoisotopic (exact) mass is 495 g/mol. The van der Waals surface area contributed by atoms with Gasteiger partial charge in [0.15, 0.2) is 4.80 Å². The van der Waals surface area contributed by atoms with Gasteiger partial charge in [-0.2, -0.15) is 9.30 Å².